The lowest BCUT2D eigenvalue weighted by molar-refractivity contribution is -0.132. The summed E-state index contributed by atoms with van der Waals surface area (Å²) < 4.78 is 12.8. The predicted octanol–water partition coefficient (Wildman–Crippen LogP) is 2.60. The molecule has 1 saturated heterocycles. The standard InChI is InChI=1S/C16H16BrN3O3S/c17-11-1-2-12-14(9-11)24-16(18-12)20-5-3-19(4-6-20)15(21)13-10-22-7-8-23-13/h1-2,9-10H,3-8H2. The Labute approximate surface area is 151 Å². The number of fused-ring (bicyclic) bond motifs is 1. The zero-order valence-electron chi connectivity index (χ0n) is 12.9. The van der Waals surface area contributed by atoms with Crippen LogP contribution in [-0.4, -0.2) is 55.2 Å². The first-order valence-electron chi connectivity index (χ1n) is 7.75. The molecule has 0 unspecified atom stereocenters. The van der Waals surface area contributed by atoms with Gasteiger partial charge in [0.25, 0.3) is 5.91 Å². The van der Waals surface area contributed by atoms with E-state index >= 15 is 0 Å². The SMILES string of the molecule is O=C(C1=COCCO1)N1CCN(c2nc3ccc(Br)cc3s2)CC1. The number of benzene rings is 1. The third kappa shape index (κ3) is 3.08. The van der Waals surface area contributed by atoms with Crippen LogP contribution in [0, 0.1) is 0 Å². The summed E-state index contributed by atoms with van der Waals surface area (Å²) in [6.07, 6.45) is 1.42. The van der Waals surface area contributed by atoms with Crippen molar-refractivity contribution >= 4 is 48.5 Å². The lowest BCUT2D eigenvalue weighted by atomic mass is 10.3. The number of rotatable bonds is 2. The van der Waals surface area contributed by atoms with Crippen molar-refractivity contribution < 1.29 is 14.3 Å². The number of anilines is 1. The maximum Gasteiger partial charge on any atom is 0.292 e. The number of ether oxygens (including phenoxy) is 2. The van der Waals surface area contributed by atoms with Gasteiger partial charge < -0.3 is 19.3 Å². The average molecular weight is 410 g/mol. The Kier molecular flexibility index (Phi) is 4.32. The summed E-state index contributed by atoms with van der Waals surface area (Å²) in [6, 6.07) is 6.11. The third-order valence-corrected chi connectivity index (χ3v) is 5.61. The normalized spacial score (nSPS) is 18.1. The number of thiazole rings is 1. The van der Waals surface area contributed by atoms with Crippen molar-refractivity contribution in [3.63, 3.8) is 0 Å². The fourth-order valence-electron chi connectivity index (χ4n) is 2.76. The van der Waals surface area contributed by atoms with E-state index in [2.05, 4.69) is 26.9 Å². The quantitative estimate of drug-likeness (QED) is 0.762. The molecule has 4 rings (SSSR count). The Morgan fingerprint density at radius 2 is 2.04 bits per heavy atom. The Balaban J connectivity index is 1.43. The number of hydrogen-bond donors (Lipinski definition) is 0. The second-order valence-electron chi connectivity index (χ2n) is 5.59. The maximum absolute atomic E-state index is 12.4. The molecule has 0 saturated carbocycles. The largest absolute Gasteiger partial charge is 0.494 e. The molecule has 0 aliphatic carbocycles. The van der Waals surface area contributed by atoms with E-state index in [1.165, 1.54) is 6.26 Å². The van der Waals surface area contributed by atoms with E-state index < -0.39 is 0 Å². The minimum atomic E-state index is -0.0948. The lowest BCUT2D eigenvalue weighted by Gasteiger charge is -2.35. The number of carbonyl (C=O) groups is 1. The van der Waals surface area contributed by atoms with Gasteiger partial charge in [0.2, 0.25) is 5.76 Å². The molecule has 0 radical (unpaired) electrons. The maximum atomic E-state index is 12.4. The van der Waals surface area contributed by atoms with Crippen molar-refractivity contribution in [3.8, 4) is 0 Å². The highest BCUT2D eigenvalue weighted by Gasteiger charge is 2.27. The topological polar surface area (TPSA) is 54.9 Å². The average Bonchev–Trinajstić information content (AvgIpc) is 3.05. The van der Waals surface area contributed by atoms with Crippen LogP contribution in [0.5, 0.6) is 0 Å². The van der Waals surface area contributed by atoms with Crippen molar-refractivity contribution in [2.45, 2.75) is 0 Å². The number of aromatic nitrogens is 1. The molecule has 0 N–H and O–H groups in total. The van der Waals surface area contributed by atoms with Crippen LogP contribution in [0.25, 0.3) is 10.2 Å². The van der Waals surface area contributed by atoms with E-state index in [9.17, 15) is 4.79 Å². The van der Waals surface area contributed by atoms with E-state index in [0.29, 0.717) is 32.1 Å². The van der Waals surface area contributed by atoms with Crippen molar-refractivity contribution in [1.29, 1.82) is 0 Å². The van der Waals surface area contributed by atoms with Gasteiger partial charge in [-0.25, -0.2) is 4.98 Å². The second-order valence-corrected chi connectivity index (χ2v) is 7.51. The Hall–Kier alpha value is -1.80. The fourth-order valence-corrected chi connectivity index (χ4v) is 4.33. The Morgan fingerprint density at radius 1 is 1.21 bits per heavy atom. The Morgan fingerprint density at radius 3 is 2.79 bits per heavy atom. The molecule has 0 atom stereocenters. The van der Waals surface area contributed by atoms with Gasteiger partial charge >= 0.3 is 0 Å². The molecule has 6 nitrogen and oxygen atoms in total. The number of nitrogens with zero attached hydrogens (tertiary/aromatic N) is 3. The van der Waals surface area contributed by atoms with Crippen molar-refractivity contribution in [1.82, 2.24) is 9.88 Å². The molecule has 8 heteroatoms. The number of amides is 1. The number of halogens is 1. The molecule has 0 bridgehead atoms. The van der Waals surface area contributed by atoms with Crippen LogP contribution >= 0.6 is 27.3 Å². The zero-order valence-corrected chi connectivity index (χ0v) is 15.3. The molecule has 1 aromatic carbocycles. The fraction of sp³-hybridized carbons (Fsp3) is 0.375. The Bertz CT molecular complexity index is 799. The summed E-state index contributed by atoms with van der Waals surface area (Å²) >= 11 is 5.17. The van der Waals surface area contributed by atoms with E-state index in [1.807, 2.05) is 12.1 Å². The van der Waals surface area contributed by atoms with E-state index in [0.717, 1.165) is 32.9 Å². The first kappa shape index (κ1) is 15.7. The van der Waals surface area contributed by atoms with Gasteiger partial charge in [0.1, 0.15) is 19.5 Å². The van der Waals surface area contributed by atoms with Gasteiger partial charge in [0, 0.05) is 30.7 Å². The minimum absolute atomic E-state index is 0.0948. The van der Waals surface area contributed by atoms with Crippen LogP contribution in [0.2, 0.25) is 0 Å². The molecule has 1 aromatic heterocycles. The van der Waals surface area contributed by atoms with Crippen LogP contribution < -0.4 is 4.90 Å². The number of piperazine rings is 1. The first-order valence-corrected chi connectivity index (χ1v) is 9.36. The summed E-state index contributed by atoms with van der Waals surface area (Å²) in [7, 11) is 0. The van der Waals surface area contributed by atoms with E-state index in [4.69, 9.17) is 14.5 Å². The monoisotopic (exact) mass is 409 g/mol. The number of carbonyl (C=O) groups excluding carboxylic acids is 1. The van der Waals surface area contributed by atoms with Crippen LogP contribution in [0.15, 0.2) is 34.7 Å². The highest BCUT2D eigenvalue weighted by atomic mass is 79.9. The highest BCUT2D eigenvalue weighted by molar-refractivity contribution is 9.10. The van der Waals surface area contributed by atoms with Gasteiger partial charge in [-0.3, -0.25) is 4.79 Å². The molecule has 2 aliphatic heterocycles. The van der Waals surface area contributed by atoms with Gasteiger partial charge in [0.15, 0.2) is 5.13 Å². The van der Waals surface area contributed by atoms with Crippen LogP contribution in [0.1, 0.15) is 0 Å². The molecule has 1 amide bonds. The minimum Gasteiger partial charge on any atom is -0.494 e. The van der Waals surface area contributed by atoms with E-state index in [-0.39, 0.29) is 5.91 Å². The molecular formula is C16H16BrN3O3S. The van der Waals surface area contributed by atoms with Gasteiger partial charge in [0.05, 0.1) is 10.2 Å². The third-order valence-electron chi connectivity index (χ3n) is 4.04. The molecule has 2 aliphatic rings. The summed E-state index contributed by atoms with van der Waals surface area (Å²) in [5.41, 5.74) is 1.01. The lowest BCUT2D eigenvalue weighted by Crippen LogP contribution is -2.49. The molecule has 24 heavy (non-hydrogen) atoms. The summed E-state index contributed by atoms with van der Waals surface area (Å²) in [5, 5.41) is 1.01. The first-order chi connectivity index (χ1) is 11.7. The predicted molar refractivity (Wildman–Crippen MR) is 96.1 cm³/mol. The smallest absolute Gasteiger partial charge is 0.292 e. The van der Waals surface area contributed by atoms with Crippen LogP contribution in [0.3, 0.4) is 0 Å². The van der Waals surface area contributed by atoms with Crippen LogP contribution in [0.4, 0.5) is 5.13 Å². The summed E-state index contributed by atoms with van der Waals surface area (Å²) in [5.74, 6) is 0.210. The van der Waals surface area contributed by atoms with E-state index in [1.54, 1.807) is 16.2 Å². The molecule has 0 spiro atoms. The van der Waals surface area contributed by atoms with Crippen LogP contribution in [-0.2, 0) is 14.3 Å². The molecule has 126 valence electrons. The second kappa shape index (κ2) is 6.60. The highest BCUT2D eigenvalue weighted by Crippen LogP contribution is 2.31. The van der Waals surface area contributed by atoms with Crippen molar-refractivity contribution in [3.05, 3.63) is 34.7 Å². The van der Waals surface area contributed by atoms with Gasteiger partial charge in [-0.1, -0.05) is 27.3 Å². The molecule has 1 fully saturated rings. The molecular weight excluding hydrogens is 394 g/mol. The molecule has 3 heterocycles. The zero-order chi connectivity index (χ0) is 16.5. The van der Waals surface area contributed by atoms with Gasteiger partial charge in [-0.15, -0.1) is 0 Å². The number of hydrogen-bond acceptors (Lipinski definition) is 6. The van der Waals surface area contributed by atoms with Crippen molar-refractivity contribution in [2.24, 2.45) is 0 Å². The van der Waals surface area contributed by atoms with Crippen molar-refractivity contribution in [2.75, 3.05) is 44.3 Å². The summed E-state index contributed by atoms with van der Waals surface area (Å²) in [6.45, 7) is 3.76. The van der Waals surface area contributed by atoms with Gasteiger partial charge in [-0.2, -0.15) is 0 Å². The van der Waals surface area contributed by atoms with Gasteiger partial charge in [-0.05, 0) is 18.2 Å². The molecule has 2 aromatic rings. The summed E-state index contributed by atoms with van der Waals surface area (Å²) in [4.78, 5) is 21.1.